The van der Waals surface area contributed by atoms with Crippen molar-refractivity contribution in [2.45, 2.75) is 63.8 Å². The standard InChI is InChI=1S/C13H22O4/c1-3-13(2,16)9-10(14)5-4-6-11-7-8-12(15)17-11/h7-8,10-11,14,16H,3-6,9H2,1-2H3. The van der Waals surface area contributed by atoms with Crippen molar-refractivity contribution in [1.82, 2.24) is 0 Å². The molecule has 1 aliphatic rings. The van der Waals surface area contributed by atoms with Gasteiger partial charge in [-0.25, -0.2) is 4.79 Å². The van der Waals surface area contributed by atoms with Crippen LogP contribution in [0.3, 0.4) is 0 Å². The van der Waals surface area contributed by atoms with Gasteiger partial charge in [0.25, 0.3) is 0 Å². The number of hydrogen-bond donors (Lipinski definition) is 2. The number of aliphatic hydroxyl groups is 2. The second-order valence-corrected chi connectivity index (χ2v) is 4.97. The Bertz CT molecular complexity index is 283. The minimum absolute atomic E-state index is 0.138. The molecule has 1 rings (SSSR count). The van der Waals surface area contributed by atoms with Crippen molar-refractivity contribution in [2.24, 2.45) is 0 Å². The highest BCUT2D eigenvalue weighted by atomic mass is 16.5. The van der Waals surface area contributed by atoms with Crippen LogP contribution in [0, 0.1) is 0 Å². The van der Waals surface area contributed by atoms with Crippen molar-refractivity contribution in [2.75, 3.05) is 0 Å². The van der Waals surface area contributed by atoms with Gasteiger partial charge in [-0.1, -0.05) is 6.92 Å². The van der Waals surface area contributed by atoms with Crippen LogP contribution in [0.2, 0.25) is 0 Å². The monoisotopic (exact) mass is 242 g/mol. The van der Waals surface area contributed by atoms with E-state index >= 15 is 0 Å². The van der Waals surface area contributed by atoms with Crippen molar-refractivity contribution >= 4 is 5.97 Å². The third-order valence-corrected chi connectivity index (χ3v) is 3.18. The Labute approximate surface area is 102 Å². The third-order valence-electron chi connectivity index (χ3n) is 3.18. The predicted molar refractivity (Wildman–Crippen MR) is 64.4 cm³/mol. The highest BCUT2D eigenvalue weighted by molar-refractivity contribution is 5.84. The number of carbonyl (C=O) groups excluding carboxylic acids is 1. The van der Waals surface area contributed by atoms with E-state index in [2.05, 4.69) is 0 Å². The lowest BCUT2D eigenvalue weighted by Crippen LogP contribution is -2.29. The van der Waals surface area contributed by atoms with Crippen LogP contribution < -0.4 is 0 Å². The summed E-state index contributed by atoms with van der Waals surface area (Å²) < 4.78 is 4.98. The molecular formula is C13H22O4. The van der Waals surface area contributed by atoms with Crippen LogP contribution in [0.15, 0.2) is 12.2 Å². The number of cyclic esters (lactones) is 1. The predicted octanol–water partition coefficient (Wildman–Crippen LogP) is 1.55. The van der Waals surface area contributed by atoms with E-state index in [9.17, 15) is 15.0 Å². The summed E-state index contributed by atoms with van der Waals surface area (Å²) in [5.74, 6) is -0.288. The average Bonchev–Trinajstić information content (AvgIpc) is 2.63. The first-order valence-corrected chi connectivity index (χ1v) is 6.22. The molecule has 0 aliphatic carbocycles. The van der Waals surface area contributed by atoms with Crippen molar-refractivity contribution in [3.63, 3.8) is 0 Å². The molecule has 98 valence electrons. The van der Waals surface area contributed by atoms with Crippen LogP contribution in [0.4, 0.5) is 0 Å². The Morgan fingerprint density at radius 3 is 2.82 bits per heavy atom. The molecule has 0 saturated heterocycles. The van der Waals surface area contributed by atoms with Crippen molar-refractivity contribution in [3.8, 4) is 0 Å². The zero-order valence-electron chi connectivity index (χ0n) is 10.6. The van der Waals surface area contributed by atoms with Gasteiger partial charge >= 0.3 is 5.97 Å². The highest BCUT2D eigenvalue weighted by Gasteiger charge is 2.22. The molecule has 0 spiro atoms. The van der Waals surface area contributed by atoms with E-state index in [4.69, 9.17) is 4.74 Å². The summed E-state index contributed by atoms with van der Waals surface area (Å²) in [5, 5.41) is 19.6. The molecule has 0 saturated carbocycles. The van der Waals surface area contributed by atoms with Gasteiger partial charge in [-0.05, 0) is 38.7 Å². The van der Waals surface area contributed by atoms with E-state index < -0.39 is 11.7 Å². The van der Waals surface area contributed by atoms with E-state index in [0.717, 1.165) is 12.8 Å². The van der Waals surface area contributed by atoms with Gasteiger partial charge in [0.15, 0.2) is 0 Å². The molecule has 0 fully saturated rings. The summed E-state index contributed by atoms with van der Waals surface area (Å²) in [6, 6.07) is 0. The summed E-state index contributed by atoms with van der Waals surface area (Å²) in [7, 11) is 0. The molecule has 4 nitrogen and oxygen atoms in total. The molecule has 17 heavy (non-hydrogen) atoms. The Hall–Kier alpha value is -0.870. The molecule has 0 aromatic rings. The zero-order valence-corrected chi connectivity index (χ0v) is 10.6. The summed E-state index contributed by atoms with van der Waals surface area (Å²) >= 11 is 0. The van der Waals surface area contributed by atoms with Crippen LogP contribution in [0.5, 0.6) is 0 Å². The second-order valence-electron chi connectivity index (χ2n) is 4.97. The molecule has 3 unspecified atom stereocenters. The van der Waals surface area contributed by atoms with Crippen LogP contribution in [0.1, 0.15) is 46.0 Å². The molecule has 0 amide bonds. The number of esters is 1. The number of carbonyl (C=O) groups is 1. The highest BCUT2D eigenvalue weighted by Crippen LogP contribution is 2.20. The number of rotatable bonds is 7. The summed E-state index contributed by atoms with van der Waals surface area (Å²) in [5.41, 5.74) is -0.793. The normalized spacial score (nSPS) is 24.5. The molecule has 1 heterocycles. The number of ether oxygens (including phenoxy) is 1. The number of aliphatic hydroxyl groups excluding tert-OH is 1. The van der Waals surface area contributed by atoms with E-state index in [1.54, 1.807) is 13.0 Å². The zero-order chi connectivity index (χ0) is 12.9. The smallest absolute Gasteiger partial charge is 0.331 e. The molecule has 0 radical (unpaired) electrons. The van der Waals surface area contributed by atoms with Crippen LogP contribution >= 0.6 is 0 Å². The second kappa shape index (κ2) is 6.17. The molecular weight excluding hydrogens is 220 g/mol. The maximum Gasteiger partial charge on any atom is 0.331 e. The van der Waals surface area contributed by atoms with E-state index in [1.807, 2.05) is 6.92 Å². The molecule has 2 N–H and O–H groups in total. The Morgan fingerprint density at radius 2 is 2.29 bits per heavy atom. The van der Waals surface area contributed by atoms with Gasteiger partial charge in [0, 0.05) is 12.5 Å². The first-order valence-electron chi connectivity index (χ1n) is 6.22. The molecule has 0 bridgehead atoms. The minimum atomic E-state index is -0.793. The van der Waals surface area contributed by atoms with E-state index in [1.165, 1.54) is 6.08 Å². The summed E-state index contributed by atoms with van der Waals surface area (Å²) in [6.07, 6.45) is 5.71. The largest absolute Gasteiger partial charge is 0.455 e. The maximum absolute atomic E-state index is 10.8. The first-order chi connectivity index (χ1) is 7.93. The van der Waals surface area contributed by atoms with Gasteiger partial charge in [0.1, 0.15) is 6.10 Å². The van der Waals surface area contributed by atoms with E-state index in [0.29, 0.717) is 19.3 Å². The van der Waals surface area contributed by atoms with Crippen LogP contribution in [-0.4, -0.2) is 34.0 Å². The Balaban J connectivity index is 2.14. The molecule has 1 aliphatic heterocycles. The van der Waals surface area contributed by atoms with Crippen LogP contribution in [-0.2, 0) is 9.53 Å². The van der Waals surface area contributed by atoms with Gasteiger partial charge in [0.2, 0.25) is 0 Å². The summed E-state index contributed by atoms with van der Waals surface area (Å²) in [4.78, 5) is 10.8. The van der Waals surface area contributed by atoms with Gasteiger partial charge in [0.05, 0.1) is 11.7 Å². The average molecular weight is 242 g/mol. The van der Waals surface area contributed by atoms with Gasteiger partial charge < -0.3 is 14.9 Å². The van der Waals surface area contributed by atoms with Gasteiger partial charge in [-0.3, -0.25) is 0 Å². The third kappa shape index (κ3) is 5.33. The Morgan fingerprint density at radius 1 is 1.59 bits per heavy atom. The molecule has 0 aromatic carbocycles. The van der Waals surface area contributed by atoms with E-state index in [-0.39, 0.29) is 12.1 Å². The van der Waals surface area contributed by atoms with Crippen molar-refractivity contribution in [3.05, 3.63) is 12.2 Å². The molecule has 0 aromatic heterocycles. The molecule has 4 heteroatoms. The fraction of sp³-hybridized carbons (Fsp3) is 0.769. The summed E-state index contributed by atoms with van der Waals surface area (Å²) in [6.45, 7) is 3.63. The minimum Gasteiger partial charge on any atom is -0.455 e. The van der Waals surface area contributed by atoms with Crippen molar-refractivity contribution < 1.29 is 19.7 Å². The lowest BCUT2D eigenvalue weighted by molar-refractivity contribution is -0.138. The van der Waals surface area contributed by atoms with Gasteiger partial charge in [-0.2, -0.15) is 0 Å². The fourth-order valence-electron chi connectivity index (χ4n) is 1.88. The first kappa shape index (κ1) is 14.2. The lowest BCUT2D eigenvalue weighted by atomic mass is 9.93. The maximum atomic E-state index is 10.8. The van der Waals surface area contributed by atoms with Gasteiger partial charge in [-0.15, -0.1) is 0 Å². The number of hydrogen-bond acceptors (Lipinski definition) is 4. The van der Waals surface area contributed by atoms with Crippen molar-refractivity contribution in [1.29, 1.82) is 0 Å². The fourth-order valence-corrected chi connectivity index (χ4v) is 1.88. The SMILES string of the molecule is CCC(C)(O)CC(O)CCCC1C=CC(=O)O1. The topological polar surface area (TPSA) is 66.8 Å². The quantitative estimate of drug-likeness (QED) is 0.665. The van der Waals surface area contributed by atoms with Crippen LogP contribution in [0.25, 0.3) is 0 Å². The molecule has 3 atom stereocenters. The Kier molecular flexibility index (Phi) is 5.15. The lowest BCUT2D eigenvalue weighted by Gasteiger charge is -2.24.